The summed E-state index contributed by atoms with van der Waals surface area (Å²) >= 11 is 0. The fourth-order valence-corrected chi connectivity index (χ4v) is 4.76. The molecule has 116 valence electrons. The predicted octanol–water partition coefficient (Wildman–Crippen LogP) is 0.534. The molecule has 0 aromatic carbocycles. The van der Waals surface area contributed by atoms with Crippen molar-refractivity contribution in [3.63, 3.8) is 0 Å². The first-order chi connectivity index (χ1) is 9.47. The lowest BCUT2D eigenvalue weighted by molar-refractivity contribution is 0.127. The Bertz CT molecular complexity index is 451. The van der Waals surface area contributed by atoms with Crippen LogP contribution < -0.4 is 10.5 Å². The maximum absolute atomic E-state index is 12.3. The zero-order chi connectivity index (χ0) is 14.6. The minimum Gasteiger partial charge on any atom is -0.409 e. The summed E-state index contributed by atoms with van der Waals surface area (Å²) in [5.41, 5.74) is 4.80. The third-order valence-corrected chi connectivity index (χ3v) is 5.60. The van der Waals surface area contributed by atoms with Gasteiger partial charge in [0.25, 0.3) is 0 Å². The number of oxime groups is 1. The number of hydrogen-bond acceptors (Lipinski definition) is 5. The molecule has 0 spiro atoms. The second-order valence-corrected chi connectivity index (χ2v) is 7.41. The second kappa shape index (κ2) is 6.28. The van der Waals surface area contributed by atoms with E-state index in [0.717, 1.165) is 32.1 Å². The molecule has 1 heterocycles. The first-order valence-corrected chi connectivity index (χ1v) is 8.74. The molecule has 4 N–H and O–H groups in total. The average Bonchev–Trinajstić information content (AvgIpc) is 2.90. The normalized spacial score (nSPS) is 27.6. The van der Waals surface area contributed by atoms with E-state index < -0.39 is 15.6 Å². The molecule has 1 saturated heterocycles. The molecule has 0 radical (unpaired) electrons. The maximum Gasteiger partial charge on any atom is 0.215 e. The third kappa shape index (κ3) is 3.62. The number of sulfonamides is 1. The van der Waals surface area contributed by atoms with Crippen molar-refractivity contribution in [3.05, 3.63) is 0 Å². The molecule has 1 saturated carbocycles. The highest BCUT2D eigenvalue weighted by molar-refractivity contribution is 7.89. The van der Waals surface area contributed by atoms with Gasteiger partial charge in [-0.3, -0.25) is 0 Å². The highest BCUT2D eigenvalue weighted by Gasteiger charge is 2.40. The van der Waals surface area contributed by atoms with Crippen molar-refractivity contribution < 1.29 is 18.4 Å². The van der Waals surface area contributed by atoms with Gasteiger partial charge in [-0.15, -0.1) is 0 Å². The van der Waals surface area contributed by atoms with Crippen LogP contribution in [0.25, 0.3) is 0 Å². The number of nitrogens with zero attached hydrogens (tertiary/aromatic N) is 1. The Hall–Kier alpha value is -0.860. The van der Waals surface area contributed by atoms with Crippen molar-refractivity contribution in [1.82, 2.24) is 4.72 Å². The van der Waals surface area contributed by atoms with Crippen molar-refractivity contribution >= 4 is 15.9 Å². The van der Waals surface area contributed by atoms with Crippen LogP contribution in [0.5, 0.6) is 0 Å². The Morgan fingerprint density at radius 2 is 2.05 bits per heavy atom. The van der Waals surface area contributed by atoms with Gasteiger partial charge < -0.3 is 15.7 Å². The van der Waals surface area contributed by atoms with Crippen molar-refractivity contribution in [2.24, 2.45) is 10.9 Å². The van der Waals surface area contributed by atoms with E-state index in [1.54, 1.807) is 0 Å². The number of amidine groups is 1. The lowest BCUT2D eigenvalue weighted by Crippen LogP contribution is -2.59. The van der Waals surface area contributed by atoms with Crippen LogP contribution in [0, 0.1) is 0 Å². The van der Waals surface area contributed by atoms with Gasteiger partial charge in [0.1, 0.15) is 0 Å². The molecular weight excluding hydrogens is 282 g/mol. The Morgan fingerprint density at radius 1 is 1.35 bits per heavy atom. The first kappa shape index (κ1) is 15.5. The molecule has 0 aromatic heterocycles. The molecular formula is C12H23N3O4S. The molecule has 2 aliphatic rings. The van der Waals surface area contributed by atoms with E-state index in [-0.39, 0.29) is 17.7 Å². The molecule has 0 amide bonds. The number of hydrogen-bond donors (Lipinski definition) is 3. The minimum absolute atomic E-state index is 0.0480. The molecule has 2 rings (SSSR count). The first-order valence-electron chi connectivity index (χ1n) is 7.09. The van der Waals surface area contributed by atoms with E-state index >= 15 is 0 Å². The van der Waals surface area contributed by atoms with Gasteiger partial charge in [0, 0.05) is 6.61 Å². The van der Waals surface area contributed by atoms with Gasteiger partial charge in [0.2, 0.25) is 10.0 Å². The molecule has 0 bridgehead atoms. The van der Waals surface area contributed by atoms with Gasteiger partial charge in [-0.1, -0.05) is 24.4 Å². The molecule has 8 heteroatoms. The van der Waals surface area contributed by atoms with Gasteiger partial charge in [-0.25, -0.2) is 13.1 Å². The van der Waals surface area contributed by atoms with Crippen molar-refractivity contribution in [3.8, 4) is 0 Å². The quantitative estimate of drug-likeness (QED) is 0.297. The summed E-state index contributed by atoms with van der Waals surface area (Å²) in [6.45, 7) is 0.617. The highest BCUT2D eigenvalue weighted by atomic mass is 32.2. The monoisotopic (exact) mass is 305 g/mol. The zero-order valence-electron chi connectivity index (χ0n) is 11.5. The van der Waals surface area contributed by atoms with Crippen LogP contribution >= 0.6 is 0 Å². The molecule has 1 aliphatic carbocycles. The average molecular weight is 305 g/mol. The summed E-state index contributed by atoms with van der Waals surface area (Å²) in [5.74, 6) is -0.110. The maximum atomic E-state index is 12.3. The van der Waals surface area contributed by atoms with Gasteiger partial charge in [-0.2, -0.15) is 0 Å². The Morgan fingerprint density at radius 3 is 2.60 bits per heavy atom. The lowest BCUT2D eigenvalue weighted by atomic mass is 9.82. The van der Waals surface area contributed by atoms with Crippen LogP contribution in [0.4, 0.5) is 0 Å². The van der Waals surface area contributed by atoms with Crippen molar-refractivity contribution in [2.75, 3.05) is 12.4 Å². The van der Waals surface area contributed by atoms with Crippen LogP contribution in [0.3, 0.4) is 0 Å². The van der Waals surface area contributed by atoms with Crippen LogP contribution in [0.2, 0.25) is 0 Å². The van der Waals surface area contributed by atoms with Gasteiger partial charge >= 0.3 is 0 Å². The molecule has 1 unspecified atom stereocenters. The SMILES string of the molecule is NC(=NO)C1(NS(=O)(=O)CC2CCCO2)CCCCC1. The van der Waals surface area contributed by atoms with E-state index in [0.29, 0.717) is 19.4 Å². The van der Waals surface area contributed by atoms with Crippen LogP contribution in [-0.2, 0) is 14.8 Å². The largest absolute Gasteiger partial charge is 0.409 e. The van der Waals surface area contributed by atoms with E-state index in [1.165, 1.54) is 0 Å². The van der Waals surface area contributed by atoms with E-state index in [4.69, 9.17) is 15.7 Å². The number of nitrogens with two attached hydrogens (primary N) is 1. The third-order valence-electron chi connectivity index (χ3n) is 4.09. The smallest absolute Gasteiger partial charge is 0.215 e. The Kier molecular flexibility index (Phi) is 4.87. The van der Waals surface area contributed by atoms with Crippen molar-refractivity contribution in [1.29, 1.82) is 0 Å². The van der Waals surface area contributed by atoms with E-state index in [2.05, 4.69) is 9.88 Å². The topological polar surface area (TPSA) is 114 Å². The molecule has 1 aliphatic heterocycles. The molecule has 20 heavy (non-hydrogen) atoms. The van der Waals surface area contributed by atoms with E-state index in [1.807, 2.05) is 0 Å². The fraction of sp³-hybridized carbons (Fsp3) is 0.917. The summed E-state index contributed by atoms with van der Waals surface area (Å²) in [7, 11) is -3.53. The number of ether oxygens (including phenoxy) is 1. The standard InChI is InChI=1S/C12H23N3O4S/c13-11(14-16)12(6-2-1-3-7-12)15-20(17,18)9-10-5-4-8-19-10/h10,15-16H,1-9H2,(H2,13,14). The second-order valence-electron chi connectivity index (χ2n) is 5.65. The van der Waals surface area contributed by atoms with Crippen LogP contribution in [-0.4, -0.2) is 43.5 Å². The summed E-state index contributed by atoms with van der Waals surface area (Å²) in [6.07, 6.45) is 5.29. The molecule has 0 aromatic rings. The predicted molar refractivity (Wildman–Crippen MR) is 75.1 cm³/mol. The highest BCUT2D eigenvalue weighted by Crippen LogP contribution is 2.29. The Labute approximate surface area is 119 Å². The van der Waals surface area contributed by atoms with Crippen molar-refractivity contribution in [2.45, 2.75) is 56.6 Å². The molecule has 1 atom stereocenters. The molecule has 2 fully saturated rings. The van der Waals surface area contributed by atoms with Gasteiger partial charge in [-0.05, 0) is 25.7 Å². The van der Waals surface area contributed by atoms with Gasteiger partial charge in [0.05, 0.1) is 17.4 Å². The fourth-order valence-electron chi connectivity index (χ4n) is 3.02. The summed E-state index contributed by atoms with van der Waals surface area (Å²) in [4.78, 5) is 0. The van der Waals surface area contributed by atoms with Gasteiger partial charge in [0.15, 0.2) is 5.84 Å². The lowest BCUT2D eigenvalue weighted by Gasteiger charge is -2.36. The summed E-state index contributed by atoms with van der Waals surface area (Å²) < 4.78 is 32.6. The van der Waals surface area contributed by atoms with Crippen LogP contribution in [0.1, 0.15) is 44.9 Å². The summed E-state index contributed by atoms with van der Waals surface area (Å²) in [5, 5.41) is 12.0. The number of rotatable bonds is 5. The van der Waals surface area contributed by atoms with E-state index in [9.17, 15) is 8.42 Å². The number of nitrogens with one attached hydrogen (secondary N) is 1. The van der Waals surface area contributed by atoms with Crippen LogP contribution in [0.15, 0.2) is 5.16 Å². The molecule has 7 nitrogen and oxygen atoms in total. The zero-order valence-corrected chi connectivity index (χ0v) is 12.4. The Balaban J connectivity index is 2.10. The summed E-state index contributed by atoms with van der Waals surface area (Å²) in [6, 6.07) is 0. The minimum atomic E-state index is -3.53.